The highest BCUT2D eigenvalue weighted by atomic mass is 16.5. The Morgan fingerprint density at radius 3 is 2.17 bits per heavy atom. The number of ether oxygens (including phenoxy) is 1. The molecule has 1 unspecified atom stereocenters. The van der Waals surface area contributed by atoms with Gasteiger partial charge in [0, 0.05) is 0 Å². The van der Waals surface area contributed by atoms with Gasteiger partial charge in [-0.15, -0.1) is 0 Å². The molecule has 0 aromatic heterocycles. The van der Waals surface area contributed by atoms with E-state index >= 15 is 0 Å². The molecule has 0 bridgehead atoms. The van der Waals surface area contributed by atoms with Crippen molar-refractivity contribution in [3.63, 3.8) is 0 Å². The van der Waals surface area contributed by atoms with Crippen molar-refractivity contribution in [2.45, 2.75) is 40.2 Å². The Labute approximate surface area is 76.7 Å². The summed E-state index contributed by atoms with van der Waals surface area (Å²) in [6.07, 6.45) is 1.50. The summed E-state index contributed by atoms with van der Waals surface area (Å²) in [6.45, 7) is 9.59. The predicted octanol–water partition coefficient (Wildman–Crippen LogP) is 2.25. The Morgan fingerprint density at radius 2 is 1.83 bits per heavy atom. The Balaban J connectivity index is 3.79. The first-order valence-electron chi connectivity index (χ1n) is 4.89. The van der Waals surface area contributed by atoms with E-state index in [-0.39, 0.29) is 0 Å². The first-order chi connectivity index (χ1) is 5.63. The van der Waals surface area contributed by atoms with E-state index in [1.165, 1.54) is 0 Å². The summed E-state index contributed by atoms with van der Waals surface area (Å²) in [5.41, 5.74) is 0. The maximum atomic E-state index is 5.65. The van der Waals surface area contributed by atoms with Crippen molar-refractivity contribution in [3.05, 3.63) is 0 Å². The van der Waals surface area contributed by atoms with Crippen molar-refractivity contribution < 1.29 is 4.74 Å². The van der Waals surface area contributed by atoms with Gasteiger partial charge in [0.25, 0.3) is 0 Å². The Bertz CT molecular complexity index is 104. The highest BCUT2D eigenvalue weighted by Crippen LogP contribution is 2.19. The standard InChI is InChI=1S/C10H23NO/c1-6-10(12-7-11-5)9(4)8(2)3/h8-11H,6-7H2,1-5H3/t9-,10?/m0/s1. The average Bonchev–Trinajstić information content (AvgIpc) is 2.05. The van der Waals surface area contributed by atoms with Crippen LogP contribution in [0.1, 0.15) is 34.1 Å². The van der Waals surface area contributed by atoms with Gasteiger partial charge in [-0.25, -0.2) is 0 Å². The van der Waals surface area contributed by atoms with E-state index in [1.54, 1.807) is 0 Å². The van der Waals surface area contributed by atoms with Crippen molar-refractivity contribution in [1.82, 2.24) is 5.32 Å². The van der Waals surface area contributed by atoms with Crippen molar-refractivity contribution in [3.8, 4) is 0 Å². The highest BCUT2D eigenvalue weighted by Gasteiger charge is 2.18. The molecule has 0 saturated carbocycles. The molecule has 0 saturated heterocycles. The fourth-order valence-corrected chi connectivity index (χ4v) is 1.26. The molecule has 0 heterocycles. The molecular weight excluding hydrogens is 150 g/mol. The van der Waals surface area contributed by atoms with Gasteiger partial charge in [-0.1, -0.05) is 27.7 Å². The molecule has 1 N–H and O–H groups in total. The summed E-state index contributed by atoms with van der Waals surface area (Å²) >= 11 is 0. The average molecular weight is 173 g/mol. The van der Waals surface area contributed by atoms with Gasteiger partial charge in [0.15, 0.2) is 0 Å². The molecule has 0 aliphatic carbocycles. The van der Waals surface area contributed by atoms with Crippen LogP contribution in [0.4, 0.5) is 0 Å². The zero-order valence-corrected chi connectivity index (χ0v) is 9.05. The summed E-state index contributed by atoms with van der Waals surface area (Å²) < 4.78 is 5.65. The van der Waals surface area contributed by atoms with E-state index in [0.717, 1.165) is 6.42 Å². The lowest BCUT2D eigenvalue weighted by Crippen LogP contribution is -2.28. The predicted molar refractivity (Wildman–Crippen MR) is 53.1 cm³/mol. The van der Waals surface area contributed by atoms with Crippen molar-refractivity contribution in [2.75, 3.05) is 13.8 Å². The third kappa shape index (κ3) is 4.07. The Kier molecular flexibility index (Phi) is 6.39. The van der Waals surface area contributed by atoms with Crippen LogP contribution in [-0.4, -0.2) is 19.9 Å². The maximum absolute atomic E-state index is 5.65. The Hall–Kier alpha value is -0.0800. The molecule has 12 heavy (non-hydrogen) atoms. The van der Waals surface area contributed by atoms with E-state index in [4.69, 9.17) is 4.74 Å². The summed E-state index contributed by atoms with van der Waals surface area (Å²) in [5, 5.41) is 3.00. The van der Waals surface area contributed by atoms with E-state index < -0.39 is 0 Å². The minimum absolute atomic E-state index is 0.400. The topological polar surface area (TPSA) is 21.3 Å². The lowest BCUT2D eigenvalue weighted by molar-refractivity contribution is -0.00546. The maximum Gasteiger partial charge on any atom is 0.0966 e. The molecule has 0 fully saturated rings. The lowest BCUT2D eigenvalue weighted by atomic mass is 9.91. The number of hydrogen-bond donors (Lipinski definition) is 1. The van der Waals surface area contributed by atoms with Crippen LogP contribution in [0.15, 0.2) is 0 Å². The molecule has 0 radical (unpaired) electrons. The molecular formula is C10H23NO. The number of hydrogen-bond acceptors (Lipinski definition) is 2. The van der Waals surface area contributed by atoms with Crippen LogP contribution in [0.25, 0.3) is 0 Å². The van der Waals surface area contributed by atoms with Crippen LogP contribution < -0.4 is 5.32 Å². The molecule has 2 heteroatoms. The van der Waals surface area contributed by atoms with Gasteiger partial charge in [0.2, 0.25) is 0 Å². The third-order valence-corrected chi connectivity index (χ3v) is 2.48. The van der Waals surface area contributed by atoms with Crippen LogP contribution in [0.2, 0.25) is 0 Å². The molecule has 0 aromatic carbocycles. The number of rotatable bonds is 6. The summed E-state index contributed by atoms with van der Waals surface area (Å²) in [4.78, 5) is 0. The molecule has 74 valence electrons. The fourth-order valence-electron chi connectivity index (χ4n) is 1.26. The SMILES string of the molecule is CCC(OCNC)[C@@H](C)C(C)C. The molecule has 0 aromatic rings. The zero-order chi connectivity index (χ0) is 9.56. The first kappa shape index (κ1) is 11.9. The minimum Gasteiger partial charge on any atom is -0.363 e. The van der Waals surface area contributed by atoms with Crippen molar-refractivity contribution >= 4 is 0 Å². The second-order valence-electron chi connectivity index (χ2n) is 3.71. The van der Waals surface area contributed by atoms with Crippen LogP contribution in [0, 0.1) is 11.8 Å². The molecule has 0 rings (SSSR count). The second-order valence-corrected chi connectivity index (χ2v) is 3.71. The smallest absolute Gasteiger partial charge is 0.0966 e. The van der Waals surface area contributed by atoms with E-state index in [2.05, 4.69) is 33.0 Å². The Morgan fingerprint density at radius 1 is 1.25 bits per heavy atom. The molecule has 0 aliphatic heterocycles. The summed E-state index contributed by atoms with van der Waals surface area (Å²) in [6, 6.07) is 0. The molecule has 0 aliphatic rings. The highest BCUT2D eigenvalue weighted by molar-refractivity contribution is 4.67. The largest absolute Gasteiger partial charge is 0.363 e. The van der Waals surface area contributed by atoms with Crippen LogP contribution in [0.3, 0.4) is 0 Å². The third-order valence-electron chi connectivity index (χ3n) is 2.48. The van der Waals surface area contributed by atoms with Crippen molar-refractivity contribution in [2.24, 2.45) is 11.8 Å². The molecule has 0 spiro atoms. The van der Waals surface area contributed by atoms with Crippen LogP contribution >= 0.6 is 0 Å². The van der Waals surface area contributed by atoms with Gasteiger partial charge < -0.3 is 4.74 Å². The molecule has 2 atom stereocenters. The quantitative estimate of drug-likeness (QED) is 0.622. The van der Waals surface area contributed by atoms with Gasteiger partial charge in [0.1, 0.15) is 0 Å². The summed E-state index contributed by atoms with van der Waals surface area (Å²) in [5.74, 6) is 1.34. The second kappa shape index (κ2) is 6.44. The normalized spacial score (nSPS) is 16.5. The van der Waals surface area contributed by atoms with E-state index in [1.807, 2.05) is 7.05 Å². The first-order valence-corrected chi connectivity index (χ1v) is 4.89. The monoisotopic (exact) mass is 173 g/mol. The van der Waals surface area contributed by atoms with E-state index in [9.17, 15) is 0 Å². The molecule has 0 amide bonds. The fraction of sp³-hybridized carbons (Fsp3) is 1.00. The van der Waals surface area contributed by atoms with Gasteiger partial charge in [-0.2, -0.15) is 0 Å². The molecule has 2 nitrogen and oxygen atoms in total. The lowest BCUT2D eigenvalue weighted by Gasteiger charge is -2.25. The minimum atomic E-state index is 0.400. The van der Waals surface area contributed by atoms with Gasteiger partial charge in [-0.3, -0.25) is 5.32 Å². The van der Waals surface area contributed by atoms with Crippen LogP contribution in [-0.2, 0) is 4.74 Å². The van der Waals surface area contributed by atoms with Gasteiger partial charge >= 0.3 is 0 Å². The summed E-state index contributed by atoms with van der Waals surface area (Å²) in [7, 11) is 1.91. The van der Waals surface area contributed by atoms with Gasteiger partial charge in [-0.05, 0) is 25.3 Å². The van der Waals surface area contributed by atoms with Crippen molar-refractivity contribution in [1.29, 1.82) is 0 Å². The zero-order valence-electron chi connectivity index (χ0n) is 9.05. The van der Waals surface area contributed by atoms with E-state index in [0.29, 0.717) is 24.7 Å². The number of nitrogens with one attached hydrogen (secondary N) is 1. The van der Waals surface area contributed by atoms with Crippen LogP contribution in [0.5, 0.6) is 0 Å². The van der Waals surface area contributed by atoms with Gasteiger partial charge in [0.05, 0.1) is 12.8 Å².